The molecule has 1 atom stereocenters. The Kier molecular flexibility index (Phi) is 4.54. The summed E-state index contributed by atoms with van der Waals surface area (Å²) in [6, 6.07) is 7.96. The molecule has 0 saturated carbocycles. The molecule has 3 rings (SSSR count). The number of carbonyl (C=O) groups excluding carboxylic acids is 1. The van der Waals surface area contributed by atoms with E-state index in [0.717, 1.165) is 10.0 Å². The number of nitrogens with zero attached hydrogens (tertiary/aromatic N) is 3. The number of amides is 1. The van der Waals surface area contributed by atoms with Crippen LogP contribution in [0.5, 0.6) is 0 Å². The molecule has 2 heterocycles. The Morgan fingerprint density at radius 1 is 1.41 bits per heavy atom. The fraction of sp³-hybridized carbons (Fsp3) is 0.400. The molecule has 1 unspecified atom stereocenters. The molecule has 2 aromatic rings. The quantitative estimate of drug-likeness (QED) is 0.834. The molecule has 0 bridgehead atoms. The van der Waals surface area contributed by atoms with Crippen molar-refractivity contribution in [2.45, 2.75) is 19.4 Å². The summed E-state index contributed by atoms with van der Waals surface area (Å²) in [5.74, 6) is 0.887. The number of aromatic nitrogens is 2. The Bertz CT molecular complexity index is 656. The first kappa shape index (κ1) is 15.2. The zero-order valence-electron chi connectivity index (χ0n) is 12.2. The predicted molar refractivity (Wildman–Crippen MR) is 82.2 cm³/mol. The number of ether oxygens (including phenoxy) is 1. The van der Waals surface area contributed by atoms with Crippen LogP contribution in [0.4, 0.5) is 0 Å². The van der Waals surface area contributed by atoms with Gasteiger partial charge in [0.1, 0.15) is 6.10 Å². The van der Waals surface area contributed by atoms with E-state index in [1.54, 1.807) is 11.8 Å². The third-order valence-corrected chi connectivity index (χ3v) is 4.07. The third-order valence-electron chi connectivity index (χ3n) is 3.54. The number of halogens is 1. The molecule has 1 aromatic carbocycles. The highest BCUT2D eigenvalue weighted by Gasteiger charge is 2.26. The Balaban J connectivity index is 1.64. The van der Waals surface area contributed by atoms with E-state index < -0.39 is 0 Å². The SMILES string of the molecule is Cc1nc(CC(=O)N2CCOC(c3ccc(Br)cc3)C2)no1. The number of rotatable bonds is 3. The van der Waals surface area contributed by atoms with E-state index in [9.17, 15) is 4.79 Å². The van der Waals surface area contributed by atoms with Gasteiger partial charge in [-0.05, 0) is 17.7 Å². The average molecular weight is 366 g/mol. The number of aryl methyl sites for hydroxylation is 1. The first-order valence-electron chi connectivity index (χ1n) is 7.06. The highest BCUT2D eigenvalue weighted by molar-refractivity contribution is 9.10. The molecule has 1 aliphatic heterocycles. The van der Waals surface area contributed by atoms with Gasteiger partial charge in [0.05, 0.1) is 19.6 Å². The number of carbonyl (C=O) groups is 1. The van der Waals surface area contributed by atoms with E-state index in [-0.39, 0.29) is 18.4 Å². The summed E-state index contributed by atoms with van der Waals surface area (Å²) < 4.78 is 11.7. The summed E-state index contributed by atoms with van der Waals surface area (Å²) >= 11 is 3.42. The third kappa shape index (κ3) is 3.53. The minimum absolute atomic E-state index is 0.00814. The van der Waals surface area contributed by atoms with Crippen molar-refractivity contribution in [2.24, 2.45) is 0 Å². The van der Waals surface area contributed by atoms with Gasteiger partial charge >= 0.3 is 0 Å². The van der Waals surface area contributed by atoms with Gasteiger partial charge in [-0.3, -0.25) is 4.79 Å². The second-order valence-electron chi connectivity index (χ2n) is 5.16. The number of hydrogen-bond acceptors (Lipinski definition) is 5. The van der Waals surface area contributed by atoms with Crippen molar-refractivity contribution < 1.29 is 14.1 Å². The van der Waals surface area contributed by atoms with Gasteiger partial charge in [0.15, 0.2) is 5.82 Å². The Morgan fingerprint density at radius 3 is 2.86 bits per heavy atom. The van der Waals surface area contributed by atoms with Crippen molar-refractivity contribution in [1.82, 2.24) is 15.0 Å². The van der Waals surface area contributed by atoms with Crippen molar-refractivity contribution >= 4 is 21.8 Å². The molecular formula is C15H16BrN3O3. The van der Waals surface area contributed by atoms with Gasteiger partial charge in [-0.15, -0.1) is 0 Å². The van der Waals surface area contributed by atoms with Crippen LogP contribution in [0.25, 0.3) is 0 Å². The Hall–Kier alpha value is -1.73. The van der Waals surface area contributed by atoms with Crippen LogP contribution in [-0.2, 0) is 16.0 Å². The van der Waals surface area contributed by atoms with Gasteiger partial charge in [-0.2, -0.15) is 4.98 Å². The highest BCUT2D eigenvalue weighted by Crippen LogP contribution is 2.24. The summed E-state index contributed by atoms with van der Waals surface area (Å²) in [6.45, 7) is 3.36. The molecule has 0 aliphatic carbocycles. The second kappa shape index (κ2) is 6.58. The smallest absolute Gasteiger partial charge is 0.230 e. The highest BCUT2D eigenvalue weighted by atomic mass is 79.9. The molecule has 22 heavy (non-hydrogen) atoms. The molecule has 7 heteroatoms. The first-order chi connectivity index (χ1) is 10.6. The van der Waals surface area contributed by atoms with Crippen LogP contribution in [0.3, 0.4) is 0 Å². The van der Waals surface area contributed by atoms with Crippen molar-refractivity contribution in [2.75, 3.05) is 19.7 Å². The normalized spacial score (nSPS) is 18.5. The molecule has 0 radical (unpaired) electrons. The Labute approximate surface area is 136 Å². The van der Waals surface area contributed by atoms with Crippen LogP contribution in [0.1, 0.15) is 23.4 Å². The van der Waals surface area contributed by atoms with Crippen LogP contribution in [0.2, 0.25) is 0 Å². The van der Waals surface area contributed by atoms with E-state index in [4.69, 9.17) is 9.26 Å². The molecule has 1 saturated heterocycles. The van der Waals surface area contributed by atoms with Crippen LogP contribution < -0.4 is 0 Å². The second-order valence-corrected chi connectivity index (χ2v) is 6.07. The zero-order chi connectivity index (χ0) is 15.5. The van der Waals surface area contributed by atoms with E-state index in [1.165, 1.54) is 0 Å². The molecule has 1 aromatic heterocycles. The summed E-state index contributed by atoms with van der Waals surface area (Å²) in [4.78, 5) is 18.2. The number of hydrogen-bond donors (Lipinski definition) is 0. The molecule has 1 aliphatic rings. The van der Waals surface area contributed by atoms with E-state index >= 15 is 0 Å². The van der Waals surface area contributed by atoms with E-state index in [0.29, 0.717) is 31.4 Å². The minimum atomic E-state index is -0.0993. The van der Waals surface area contributed by atoms with Crippen molar-refractivity contribution in [1.29, 1.82) is 0 Å². The van der Waals surface area contributed by atoms with Crippen molar-refractivity contribution in [3.05, 3.63) is 46.0 Å². The number of morpholine rings is 1. The minimum Gasteiger partial charge on any atom is -0.370 e. The standard InChI is InChI=1S/C15H16BrN3O3/c1-10-17-14(18-22-10)8-15(20)19-6-7-21-13(9-19)11-2-4-12(16)5-3-11/h2-5,13H,6-9H2,1H3. The van der Waals surface area contributed by atoms with Gasteiger partial charge in [0.25, 0.3) is 0 Å². The summed E-state index contributed by atoms with van der Waals surface area (Å²) in [5.41, 5.74) is 1.07. The fourth-order valence-electron chi connectivity index (χ4n) is 2.42. The average Bonchev–Trinajstić information content (AvgIpc) is 2.93. The molecule has 6 nitrogen and oxygen atoms in total. The maximum Gasteiger partial charge on any atom is 0.230 e. The number of benzene rings is 1. The van der Waals surface area contributed by atoms with Gasteiger partial charge in [0.2, 0.25) is 11.8 Å². The summed E-state index contributed by atoms with van der Waals surface area (Å²) in [5, 5.41) is 3.77. The van der Waals surface area contributed by atoms with Gasteiger partial charge in [-0.25, -0.2) is 0 Å². The Morgan fingerprint density at radius 2 is 2.18 bits per heavy atom. The lowest BCUT2D eigenvalue weighted by molar-refractivity contribution is -0.138. The lowest BCUT2D eigenvalue weighted by Crippen LogP contribution is -2.43. The molecule has 116 valence electrons. The zero-order valence-corrected chi connectivity index (χ0v) is 13.7. The van der Waals surface area contributed by atoms with E-state index in [1.807, 2.05) is 24.3 Å². The monoisotopic (exact) mass is 365 g/mol. The predicted octanol–water partition coefficient (Wildman–Crippen LogP) is 2.28. The maximum atomic E-state index is 12.3. The summed E-state index contributed by atoms with van der Waals surface area (Å²) in [7, 11) is 0. The molecule has 1 fully saturated rings. The van der Waals surface area contributed by atoms with Crippen molar-refractivity contribution in [3.8, 4) is 0 Å². The molecule has 0 spiro atoms. The largest absolute Gasteiger partial charge is 0.370 e. The van der Waals surface area contributed by atoms with Crippen molar-refractivity contribution in [3.63, 3.8) is 0 Å². The van der Waals surface area contributed by atoms with Crippen LogP contribution in [-0.4, -0.2) is 40.6 Å². The molecular weight excluding hydrogens is 350 g/mol. The lowest BCUT2D eigenvalue weighted by atomic mass is 10.1. The summed E-state index contributed by atoms with van der Waals surface area (Å²) in [6.07, 6.45) is 0.0579. The van der Waals surface area contributed by atoms with E-state index in [2.05, 4.69) is 26.1 Å². The molecule has 0 N–H and O–H groups in total. The fourth-order valence-corrected chi connectivity index (χ4v) is 2.68. The maximum absolute atomic E-state index is 12.3. The van der Waals surface area contributed by atoms with Gasteiger partial charge in [-0.1, -0.05) is 33.2 Å². The van der Waals surface area contributed by atoms with Crippen LogP contribution >= 0.6 is 15.9 Å². The molecule has 1 amide bonds. The van der Waals surface area contributed by atoms with Crippen LogP contribution in [0, 0.1) is 6.92 Å². The van der Waals surface area contributed by atoms with Gasteiger partial charge in [0, 0.05) is 17.9 Å². The van der Waals surface area contributed by atoms with Gasteiger partial charge < -0.3 is 14.2 Å². The topological polar surface area (TPSA) is 68.5 Å². The lowest BCUT2D eigenvalue weighted by Gasteiger charge is -2.33. The van der Waals surface area contributed by atoms with Crippen LogP contribution in [0.15, 0.2) is 33.3 Å². The first-order valence-corrected chi connectivity index (χ1v) is 7.85.